The Morgan fingerprint density at radius 2 is 2.06 bits per heavy atom. The van der Waals surface area contributed by atoms with Crippen molar-refractivity contribution in [1.82, 2.24) is 20.1 Å². The van der Waals surface area contributed by atoms with Gasteiger partial charge in [-0.1, -0.05) is 30.3 Å². The normalized spacial score (nSPS) is 10.6. The van der Waals surface area contributed by atoms with Crippen LogP contribution in [0.15, 0.2) is 36.7 Å². The van der Waals surface area contributed by atoms with Gasteiger partial charge in [-0.05, 0) is 18.5 Å². The first-order chi connectivity index (χ1) is 7.86. The molecule has 0 atom stereocenters. The fraction of sp³-hybridized carbons (Fsp3) is 0.333. The van der Waals surface area contributed by atoms with E-state index in [1.807, 2.05) is 13.1 Å². The van der Waals surface area contributed by atoms with Gasteiger partial charge in [-0.15, -0.1) is 0 Å². The monoisotopic (exact) mass is 216 g/mol. The van der Waals surface area contributed by atoms with E-state index in [0.717, 1.165) is 25.3 Å². The van der Waals surface area contributed by atoms with Gasteiger partial charge in [0, 0.05) is 7.05 Å². The highest BCUT2D eigenvalue weighted by molar-refractivity contribution is 5.14. The molecule has 0 bridgehead atoms. The van der Waals surface area contributed by atoms with Crippen molar-refractivity contribution in [2.24, 2.45) is 7.05 Å². The van der Waals surface area contributed by atoms with Crippen molar-refractivity contribution in [2.45, 2.75) is 13.0 Å². The van der Waals surface area contributed by atoms with Gasteiger partial charge in [0.05, 0.1) is 6.54 Å². The molecular formula is C12H16N4. The van der Waals surface area contributed by atoms with Crippen molar-refractivity contribution in [2.75, 3.05) is 6.54 Å². The van der Waals surface area contributed by atoms with E-state index in [1.54, 1.807) is 11.0 Å². The van der Waals surface area contributed by atoms with Crippen molar-refractivity contribution >= 4 is 0 Å². The summed E-state index contributed by atoms with van der Waals surface area (Å²) in [4.78, 5) is 4.15. The van der Waals surface area contributed by atoms with Crippen LogP contribution < -0.4 is 5.32 Å². The second-order valence-electron chi connectivity index (χ2n) is 3.71. The maximum Gasteiger partial charge on any atom is 0.140 e. The zero-order valence-corrected chi connectivity index (χ0v) is 9.43. The van der Waals surface area contributed by atoms with Crippen molar-refractivity contribution in [3.05, 3.63) is 48.0 Å². The number of nitrogens with zero attached hydrogens (tertiary/aromatic N) is 3. The minimum Gasteiger partial charge on any atom is -0.310 e. The van der Waals surface area contributed by atoms with Crippen LogP contribution in [0.5, 0.6) is 0 Å². The van der Waals surface area contributed by atoms with Gasteiger partial charge in [0.1, 0.15) is 12.2 Å². The standard InChI is InChI=1S/C12H16N4/c1-16-12(14-10-15-16)9-13-8-7-11-5-3-2-4-6-11/h2-6,10,13H,7-9H2,1H3. The van der Waals surface area contributed by atoms with E-state index >= 15 is 0 Å². The SMILES string of the molecule is Cn1ncnc1CNCCc1ccccc1. The lowest BCUT2D eigenvalue weighted by molar-refractivity contribution is 0.614. The molecule has 1 heterocycles. The molecule has 0 radical (unpaired) electrons. The fourth-order valence-corrected chi connectivity index (χ4v) is 1.56. The summed E-state index contributed by atoms with van der Waals surface area (Å²) in [6.45, 7) is 1.72. The van der Waals surface area contributed by atoms with Crippen molar-refractivity contribution in [3.8, 4) is 0 Å². The molecule has 1 aromatic carbocycles. The number of hydrogen-bond acceptors (Lipinski definition) is 3. The second-order valence-corrected chi connectivity index (χ2v) is 3.71. The topological polar surface area (TPSA) is 42.7 Å². The highest BCUT2D eigenvalue weighted by Crippen LogP contribution is 1.98. The third kappa shape index (κ3) is 2.90. The van der Waals surface area contributed by atoms with Crippen LogP contribution in [0.4, 0.5) is 0 Å². The first-order valence-corrected chi connectivity index (χ1v) is 5.44. The van der Waals surface area contributed by atoms with Crippen LogP contribution in [0.1, 0.15) is 11.4 Å². The molecule has 0 aliphatic carbocycles. The van der Waals surface area contributed by atoms with Crippen LogP contribution in [0.2, 0.25) is 0 Å². The van der Waals surface area contributed by atoms with Crippen molar-refractivity contribution in [3.63, 3.8) is 0 Å². The summed E-state index contributed by atoms with van der Waals surface area (Å²) in [5, 5.41) is 7.37. The van der Waals surface area contributed by atoms with Crippen molar-refractivity contribution in [1.29, 1.82) is 0 Å². The molecule has 4 heteroatoms. The van der Waals surface area contributed by atoms with E-state index in [2.05, 4.69) is 39.7 Å². The van der Waals surface area contributed by atoms with Crippen LogP contribution in [-0.4, -0.2) is 21.3 Å². The van der Waals surface area contributed by atoms with Gasteiger partial charge in [0.25, 0.3) is 0 Å². The molecule has 0 saturated carbocycles. The lowest BCUT2D eigenvalue weighted by Crippen LogP contribution is -2.19. The summed E-state index contributed by atoms with van der Waals surface area (Å²) in [7, 11) is 1.90. The Hall–Kier alpha value is -1.68. The number of rotatable bonds is 5. The molecule has 0 amide bonds. The summed E-state index contributed by atoms with van der Waals surface area (Å²) in [5.41, 5.74) is 1.35. The van der Waals surface area contributed by atoms with E-state index in [1.165, 1.54) is 5.56 Å². The Balaban J connectivity index is 1.72. The van der Waals surface area contributed by atoms with Crippen molar-refractivity contribution < 1.29 is 0 Å². The Kier molecular flexibility index (Phi) is 3.66. The molecule has 0 aliphatic rings. The Labute approximate surface area is 95.3 Å². The third-order valence-electron chi connectivity index (χ3n) is 2.52. The number of hydrogen-bond donors (Lipinski definition) is 1. The quantitative estimate of drug-likeness (QED) is 0.762. The maximum atomic E-state index is 4.15. The number of aromatic nitrogens is 3. The smallest absolute Gasteiger partial charge is 0.140 e. The van der Waals surface area contributed by atoms with E-state index in [9.17, 15) is 0 Å². The summed E-state index contributed by atoms with van der Waals surface area (Å²) >= 11 is 0. The molecule has 0 spiro atoms. The Morgan fingerprint density at radius 3 is 2.75 bits per heavy atom. The number of aryl methyl sites for hydroxylation is 1. The molecule has 1 aromatic heterocycles. The van der Waals surface area contributed by atoms with Gasteiger partial charge in [0.2, 0.25) is 0 Å². The van der Waals surface area contributed by atoms with E-state index < -0.39 is 0 Å². The maximum absolute atomic E-state index is 4.15. The first kappa shape index (κ1) is 10.8. The first-order valence-electron chi connectivity index (χ1n) is 5.44. The highest BCUT2D eigenvalue weighted by atomic mass is 15.3. The molecular weight excluding hydrogens is 200 g/mol. The molecule has 2 aromatic rings. The molecule has 0 unspecified atom stereocenters. The Bertz CT molecular complexity index is 422. The summed E-state index contributed by atoms with van der Waals surface area (Å²) in [6.07, 6.45) is 2.62. The van der Waals surface area contributed by atoms with Gasteiger partial charge in [-0.2, -0.15) is 5.10 Å². The van der Waals surface area contributed by atoms with Crippen LogP contribution in [0.25, 0.3) is 0 Å². The summed E-state index contributed by atoms with van der Waals surface area (Å²) in [5.74, 6) is 0.966. The molecule has 1 N–H and O–H groups in total. The minimum absolute atomic E-state index is 0.767. The molecule has 2 rings (SSSR count). The zero-order valence-electron chi connectivity index (χ0n) is 9.43. The zero-order chi connectivity index (χ0) is 11.2. The molecule has 4 nitrogen and oxygen atoms in total. The summed E-state index contributed by atoms with van der Waals surface area (Å²) in [6, 6.07) is 10.5. The van der Waals surface area contributed by atoms with Gasteiger partial charge < -0.3 is 5.32 Å². The lowest BCUT2D eigenvalue weighted by atomic mass is 10.1. The third-order valence-corrected chi connectivity index (χ3v) is 2.52. The van der Waals surface area contributed by atoms with Gasteiger partial charge in [0.15, 0.2) is 0 Å². The predicted octanol–water partition coefficient (Wildman–Crippen LogP) is 1.15. The number of nitrogens with one attached hydrogen (secondary N) is 1. The highest BCUT2D eigenvalue weighted by Gasteiger charge is 1.98. The fourth-order valence-electron chi connectivity index (χ4n) is 1.56. The number of benzene rings is 1. The van der Waals surface area contributed by atoms with Crippen LogP contribution in [0, 0.1) is 0 Å². The average molecular weight is 216 g/mol. The minimum atomic E-state index is 0.767. The lowest BCUT2D eigenvalue weighted by Gasteiger charge is -2.04. The van der Waals surface area contributed by atoms with E-state index in [-0.39, 0.29) is 0 Å². The van der Waals surface area contributed by atoms with E-state index in [4.69, 9.17) is 0 Å². The predicted molar refractivity (Wildman–Crippen MR) is 62.9 cm³/mol. The molecule has 16 heavy (non-hydrogen) atoms. The second kappa shape index (κ2) is 5.42. The molecule has 0 saturated heterocycles. The Morgan fingerprint density at radius 1 is 1.25 bits per heavy atom. The van der Waals surface area contributed by atoms with Crippen LogP contribution in [-0.2, 0) is 20.0 Å². The van der Waals surface area contributed by atoms with Crippen LogP contribution in [0.3, 0.4) is 0 Å². The van der Waals surface area contributed by atoms with Gasteiger partial charge in [-0.3, -0.25) is 4.68 Å². The van der Waals surface area contributed by atoms with Gasteiger partial charge >= 0.3 is 0 Å². The summed E-state index contributed by atoms with van der Waals surface area (Å²) < 4.78 is 1.79. The van der Waals surface area contributed by atoms with E-state index in [0.29, 0.717) is 0 Å². The molecule has 0 fully saturated rings. The molecule has 0 aliphatic heterocycles. The van der Waals surface area contributed by atoms with Gasteiger partial charge in [-0.25, -0.2) is 4.98 Å². The largest absolute Gasteiger partial charge is 0.310 e. The van der Waals surface area contributed by atoms with Crippen LogP contribution >= 0.6 is 0 Å². The molecule has 84 valence electrons. The average Bonchev–Trinajstić information content (AvgIpc) is 2.72.